The van der Waals surface area contributed by atoms with Crippen LogP contribution in [0.4, 0.5) is 5.82 Å². The van der Waals surface area contributed by atoms with Gasteiger partial charge in [-0.1, -0.05) is 30.3 Å². The van der Waals surface area contributed by atoms with Gasteiger partial charge in [0.2, 0.25) is 0 Å². The molecule has 1 aromatic heterocycles. The average Bonchev–Trinajstić information content (AvgIpc) is 2.48. The number of anilines is 1. The minimum Gasteiger partial charge on any atom is -0.350 e. The van der Waals surface area contributed by atoms with Gasteiger partial charge < -0.3 is 10.7 Å². The van der Waals surface area contributed by atoms with Crippen LogP contribution in [0.15, 0.2) is 42.7 Å². The number of amides is 1. The zero-order chi connectivity index (χ0) is 13.5. The van der Waals surface area contributed by atoms with Crippen molar-refractivity contribution in [3.8, 4) is 0 Å². The molecule has 1 heterocycles. The van der Waals surface area contributed by atoms with E-state index >= 15 is 0 Å². The number of nitrogens with one attached hydrogen (secondary N) is 2. The highest BCUT2D eigenvalue weighted by Crippen LogP contribution is 2.00. The molecule has 0 aliphatic carbocycles. The maximum Gasteiger partial charge on any atom is 0.271 e. The summed E-state index contributed by atoms with van der Waals surface area (Å²) in [6, 6.07) is 9.95. The van der Waals surface area contributed by atoms with Crippen LogP contribution < -0.4 is 16.6 Å². The molecule has 0 unspecified atom stereocenters. The summed E-state index contributed by atoms with van der Waals surface area (Å²) in [7, 11) is 0. The zero-order valence-electron chi connectivity index (χ0n) is 10.3. The van der Waals surface area contributed by atoms with E-state index in [9.17, 15) is 4.79 Å². The number of rotatable bonds is 5. The second kappa shape index (κ2) is 6.46. The van der Waals surface area contributed by atoms with Crippen molar-refractivity contribution in [2.75, 3.05) is 12.0 Å². The Hall–Kier alpha value is -2.47. The molecular weight excluding hydrogens is 242 g/mol. The van der Waals surface area contributed by atoms with E-state index in [1.807, 2.05) is 30.3 Å². The van der Waals surface area contributed by atoms with E-state index in [4.69, 9.17) is 5.84 Å². The second-order valence-electron chi connectivity index (χ2n) is 3.92. The molecule has 2 rings (SSSR count). The fourth-order valence-corrected chi connectivity index (χ4v) is 1.58. The Morgan fingerprint density at radius 2 is 1.95 bits per heavy atom. The Labute approximate surface area is 111 Å². The summed E-state index contributed by atoms with van der Waals surface area (Å²) in [6.45, 7) is 0.557. The Morgan fingerprint density at radius 1 is 1.16 bits per heavy atom. The van der Waals surface area contributed by atoms with Crippen LogP contribution in [0.1, 0.15) is 16.1 Å². The van der Waals surface area contributed by atoms with Crippen LogP contribution in [0.3, 0.4) is 0 Å². The van der Waals surface area contributed by atoms with Gasteiger partial charge in [-0.25, -0.2) is 15.8 Å². The van der Waals surface area contributed by atoms with Crippen molar-refractivity contribution >= 4 is 11.7 Å². The minimum atomic E-state index is -0.244. The number of nitrogen functional groups attached to an aromatic ring is 1. The van der Waals surface area contributed by atoms with Crippen LogP contribution in [-0.2, 0) is 6.42 Å². The van der Waals surface area contributed by atoms with E-state index in [1.54, 1.807) is 0 Å². The van der Waals surface area contributed by atoms with Gasteiger partial charge in [0.05, 0.1) is 12.4 Å². The Balaban J connectivity index is 1.84. The summed E-state index contributed by atoms with van der Waals surface area (Å²) in [5, 5.41) is 2.79. The first kappa shape index (κ1) is 13.0. The second-order valence-corrected chi connectivity index (χ2v) is 3.92. The lowest BCUT2D eigenvalue weighted by molar-refractivity contribution is 0.0949. The van der Waals surface area contributed by atoms with Crippen molar-refractivity contribution in [1.82, 2.24) is 15.3 Å². The van der Waals surface area contributed by atoms with E-state index in [-0.39, 0.29) is 11.6 Å². The van der Waals surface area contributed by atoms with Gasteiger partial charge in [-0.15, -0.1) is 0 Å². The molecule has 0 radical (unpaired) electrons. The van der Waals surface area contributed by atoms with Gasteiger partial charge in [0.25, 0.3) is 5.91 Å². The molecule has 0 aliphatic rings. The SMILES string of the molecule is NNc1cnc(C(=O)NCCc2ccccc2)cn1. The van der Waals surface area contributed by atoms with Crippen molar-refractivity contribution in [1.29, 1.82) is 0 Å². The van der Waals surface area contributed by atoms with Gasteiger partial charge in [0.15, 0.2) is 5.82 Å². The van der Waals surface area contributed by atoms with Gasteiger partial charge >= 0.3 is 0 Å². The molecule has 0 bridgehead atoms. The van der Waals surface area contributed by atoms with Gasteiger partial charge in [0, 0.05) is 6.54 Å². The number of carbonyl (C=O) groups excluding carboxylic acids is 1. The molecule has 0 saturated carbocycles. The first-order valence-corrected chi connectivity index (χ1v) is 5.90. The summed E-state index contributed by atoms with van der Waals surface area (Å²) in [6.07, 6.45) is 3.57. The molecule has 0 spiro atoms. The molecule has 6 nitrogen and oxygen atoms in total. The van der Waals surface area contributed by atoms with Crippen LogP contribution in [0.5, 0.6) is 0 Å². The molecule has 6 heteroatoms. The van der Waals surface area contributed by atoms with Crippen LogP contribution in [0.25, 0.3) is 0 Å². The standard InChI is InChI=1S/C13H15N5O/c14-18-12-9-16-11(8-17-12)13(19)15-7-6-10-4-2-1-3-5-10/h1-5,8-9H,6-7,14H2,(H,15,19)(H,17,18). The van der Waals surface area contributed by atoms with Crippen molar-refractivity contribution in [3.05, 3.63) is 54.0 Å². The van der Waals surface area contributed by atoms with Gasteiger partial charge in [-0.05, 0) is 12.0 Å². The van der Waals surface area contributed by atoms with Crippen LogP contribution in [0.2, 0.25) is 0 Å². The summed E-state index contributed by atoms with van der Waals surface area (Å²) < 4.78 is 0. The highest BCUT2D eigenvalue weighted by atomic mass is 16.1. The van der Waals surface area contributed by atoms with E-state index in [0.29, 0.717) is 12.4 Å². The predicted molar refractivity (Wildman–Crippen MR) is 72.3 cm³/mol. The van der Waals surface area contributed by atoms with Crippen molar-refractivity contribution in [2.45, 2.75) is 6.42 Å². The number of hydrogen-bond donors (Lipinski definition) is 3. The normalized spacial score (nSPS) is 9.95. The van der Waals surface area contributed by atoms with Crippen LogP contribution >= 0.6 is 0 Å². The first-order chi connectivity index (χ1) is 9.29. The third-order valence-corrected chi connectivity index (χ3v) is 2.57. The van der Waals surface area contributed by atoms with Crippen molar-refractivity contribution in [3.63, 3.8) is 0 Å². The Morgan fingerprint density at radius 3 is 2.58 bits per heavy atom. The lowest BCUT2D eigenvalue weighted by Gasteiger charge is -2.05. The molecule has 0 atom stereocenters. The predicted octanol–water partition coefficient (Wildman–Crippen LogP) is 0.735. The molecule has 0 fully saturated rings. The van der Waals surface area contributed by atoms with Gasteiger partial charge in [-0.3, -0.25) is 4.79 Å². The largest absolute Gasteiger partial charge is 0.350 e. The highest BCUT2D eigenvalue weighted by molar-refractivity contribution is 5.91. The molecule has 19 heavy (non-hydrogen) atoms. The minimum absolute atomic E-state index is 0.244. The lowest BCUT2D eigenvalue weighted by Crippen LogP contribution is -2.26. The number of nitrogens with two attached hydrogens (primary N) is 1. The number of hydrazine groups is 1. The van der Waals surface area contributed by atoms with E-state index < -0.39 is 0 Å². The molecule has 1 amide bonds. The number of carbonyl (C=O) groups is 1. The number of hydrogen-bond acceptors (Lipinski definition) is 5. The van der Waals surface area contributed by atoms with E-state index in [0.717, 1.165) is 6.42 Å². The third-order valence-electron chi connectivity index (χ3n) is 2.57. The van der Waals surface area contributed by atoms with E-state index in [2.05, 4.69) is 20.7 Å². The maximum atomic E-state index is 11.8. The molecule has 1 aromatic carbocycles. The fourth-order valence-electron chi connectivity index (χ4n) is 1.58. The molecular formula is C13H15N5O. The first-order valence-electron chi connectivity index (χ1n) is 5.90. The third kappa shape index (κ3) is 3.75. The Bertz CT molecular complexity index is 526. The van der Waals surface area contributed by atoms with E-state index in [1.165, 1.54) is 18.0 Å². The van der Waals surface area contributed by atoms with Crippen LogP contribution in [-0.4, -0.2) is 22.4 Å². The van der Waals surface area contributed by atoms with Crippen molar-refractivity contribution in [2.24, 2.45) is 5.84 Å². The fraction of sp³-hybridized carbons (Fsp3) is 0.154. The quantitative estimate of drug-likeness (QED) is 0.542. The molecule has 98 valence electrons. The summed E-state index contributed by atoms with van der Waals surface area (Å²) in [5.74, 6) is 5.34. The lowest BCUT2D eigenvalue weighted by atomic mass is 10.1. The summed E-state index contributed by atoms with van der Waals surface area (Å²) in [5.41, 5.74) is 3.80. The monoisotopic (exact) mass is 257 g/mol. The number of aromatic nitrogens is 2. The maximum absolute atomic E-state index is 11.8. The summed E-state index contributed by atoms with van der Waals surface area (Å²) >= 11 is 0. The molecule has 0 saturated heterocycles. The average molecular weight is 257 g/mol. The zero-order valence-corrected chi connectivity index (χ0v) is 10.3. The number of nitrogens with zero attached hydrogens (tertiary/aromatic N) is 2. The van der Waals surface area contributed by atoms with Gasteiger partial charge in [0.1, 0.15) is 5.69 Å². The molecule has 0 aliphatic heterocycles. The highest BCUT2D eigenvalue weighted by Gasteiger charge is 2.06. The summed E-state index contributed by atoms with van der Waals surface area (Å²) in [4.78, 5) is 19.7. The Kier molecular flexibility index (Phi) is 4.41. The van der Waals surface area contributed by atoms with Crippen molar-refractivity contribution < 1.29 is 4.79 Å². The molecule has 2 aromatic rings. The van der Waals surface area contributed by atoms with Gasteiger partial charge in [-0.2, -0.15) is 0 Å². The van der Waals surface area contributed by atoms with Crippen LogP contribution in [0, 0.1) is 0 Å². The molecule has 4 N–H and O–H groups in total. The number of benzene rings is 1. The smallest absolute Gasteiger partial charge is 0.271 e. The topological polar surface area (TPSA) is 92.9 Å².